The van der Waals surface area contributed by atoms with Crippen LogP contribution >= 0.6 is 0 Å². The maximum atomic E-state index is 14.6. The molecule has 2 nitrogen and oxygen atoms in total. The van der Waals surface area contributed by atoms with Gasteiger partial charge in [-0.25, -0.2) is 4.39 Å². The van der Waals surface area contributed by atoms with E-state index in [1.165, 1.54) is 17.2 Å². The second-order valence-corrected chi connectivity index (χ2v) is 9.62. The molecule has 0 saturated carbocycles. The zero-order valence-electron chi connectivity index (χ0n) is 21.8. The molecule has 38 heavy (non-hydrogen) atoms. The lowest BCUT2D eigenvalue weighted by molar-refractivity contribution is 0.0326. The Morgan fingerprint density at radius 2 is 1.29 bits per heavy atom. The molecule has 0 radical (unpaired) electrons. The molecular weight excluding hydrogens is 478 g/mol. The molecule has 1 fully saturated rings. The first-order valence-corrected chi connectivity index (χ1v) is 13.2. The molecule has 1 aliphatic heterocycles. The van der Waals surface area contributed by atoms with E-state index in [1.54, 1.807) is 13.0 Å². The Hall–Kier alpha value is -3.76. The zero-order chi connectivity index (χ0) is 26.5. The number of ether oxygens (including phenoxy) is 2. The van der Waals surface area contributed by atoms with Gasteiger partial charge in [0.05, 0.1) is 19.3 Å². The molecule has 0 aliphatic carbocycles. The molecule has 0 spiro atoms. The van der Waals surface area contributed by atoms with Crippen molar-refractivity contribution < 1.29 is 18.3 Å². The Balaban J connectivity index is 1.27. The molecule has 5 rings (SSSR count). The van der Waals surface area contributed by atoms with Gasteiger partial charge < -0.3 is 9.47 Å². The summed E-state index contributed by atoms with van der Waals surface area (Å²) in [4.78, 5) is 0. The maximum Gasteiger partial charge on any atom is 0.201 e. The largest absolute Gasteiger partial charge is 0.491 e. The average Bonchev–Trinajstić information content (AvgIpc) is 2.97. The number of benzene rings is 4. The summed E-state index contributed by atoms with van der Waals surface area (Å²) in [5, 5.41) is 0. The van der Waals surface area contributed by atoms with Gasteiger partial charge in [-0.3, -0.25) is 0 Å². The topological polar surface area (TPSA) is 18.5 Å². The van der Waals surface area contributed by atoms with Gasteiger partial charge in [0.15, 0.2) is 11.6 Å². The lowest BCUT2D eigenvalue weighted by atomic mass is 9.90. The van der Waals surface area contributed by atoms with Crippen LogP contribution in [0.5, 0.6) is 5.75 Å². The van der Waals surface area contributed by atoms with E-state index in [4.69, 9.17) is 9.47 Å². The van der Waals surface area contributed by atoms with E-state index in [-0.39, 0.29) is 24.0 Å². The molecule has 1 heterocycles. The second kappa shape index (κ2) is 11.7. The van der Waals surface area contributed by atoms with Crippen LogP contribution in [0.25, 0.3) is 33.4 Å². The molecule has 194 valence electrons. The molecule has 2 unspecified atom stereocenters. The summed E-state index contributed by atoms with van der Waals surface area (Å²) in [6.45, 7) is 4.82. The minimum atomic E-state index is -0.956. The number of hydrogen-bond donors (Lipinski definition) is 0. The van der Waals surface area contributed by atoms with Crippen molar-refractivity contribution in [2.24, 2.45) is 0 Å². The third kappa shape index (κ3) is 5.56. The Kier molecular flexibility index (Phi) is 8.00. The van der Waals surface area contributed by atoms with E-state index in [0.717, 1.165) is 36.1 Å². The van der Waals surface area contributed by atoms with Gasteiger partial charge in [-0.15, -0.1) is 0 Å². The first-order chi connectivity index (χ1) is 18.6. The van der Waals surface area contributed by atoms with Crippen molar-refractivity contribution in [3.8, 4) is 39.1 Å². The third-order valence-corrected chi connectivity index (χ3v) is 7.19. The van der Waals surface area contributed by atoms with Crippen LogP contribution in [0.4, 0.5) is 8.78 Å². The summed E-state index contributed by atoms with van der Waals surface area (Å²) in [5.74, 6) is -1.47. The van der Waals surface area contributed by atoms with Crippen LogP contribution in [0.3, 0.4) is 0 Å². The molecule has 1 saturated heterocycles. The minimum Gasteiger partial charge on any atom is -0.491 e. The van der Waals surface area contributed by atoms with Crippen LogP contribution in [0.2, 0.25) is 0 Å². The molecule has 0 aromatic heterocycles. The van der Waals surface area contributed by atoms with Crippen molar-refractivity contribution in [2.45, 2.75) is 38.7 Å². The van der Waals surface area contributed by atoms with E-state index < -0.39 is 11.6 Å². The van der Waals surface area contributed by atoms with Crippen LogP contribution in [-0.2, 0) is 4.74 Å². The van der Waals surface area contributed by atoms with Gasteiger partial charge in [-0.1, -0.05) is 84.9 Å². The van der Waals surface area contributed by atoms with Crippen LogP contribution in [-0.4, -0.2) is 19.3 Å². The summed E-state index contributed by atoms with van der Waals surface area (Å²) in [5.41, 5.74) is 6.55. The summed E-state index contributed by atoms with van der Waals surface area (Å²) < 4.78 is 40.1. The molecule has 4 aromatic carbocycles. The van der Waals surface area contributed by atoms with Crippen molar-refractivity contribution in [1.29, 1.82) is 0 Å². The fourth-order valence-corrected chi connectivity index (χ4v) is 5.07. The van der Waals surface area contributed by atoms with Crippen LogP contribution in [0, 0.1) is 11.6 Å². The van der Waals surface area contributed by atoms with Crippen molar-refractivity contribution in [3.63, 3.8) is 0 Å². The van der Waals surface area contributed by atoms with Crippen molar-refractivity contribution in [3.05, 3.63) is 114 Å². The monoisotopic (exact) mass is 510 g/mol. The number of rotatable bonds is 7. The molecule has 2 atom stereocenters. The summed E-state index contributed by atoms with van der Waals surface area (Å²) in [6.07, 6.45) is 6.65. The zero-order valence-corrected chi connectivity index (χ0v) is 21.8. The van der Waals surface area contributed by atoms with Crippen LogP contribution in [0.15, 0.2) is 97.1 Å². The Morgan fingerprint density at radius 1 is 0.737 bits per heavy atom. The van der Waals surface area contributed by atoms with Crippen molar-refractivity contribution in [1.82, 2.24) is 0 Å². The van der Waals surface area contributed by atoms with E-state index in [2.05, 4.69) is 60.7 Å². The number of hydrogen-bond acceptors (Lipinski definition) is 2. The molecule has 1 aliphatic rings. The highest BCUT2D eigenvalue weighted by atomic mass is 19.2. The highest BCUT2D eigenvalue weighted by molar-refractivity contribution is 5.73. The van der Waals surface area contributed by atoms with Gasteiger partial charge in [-0.2, -0.15) is 4.39 Å². The summed E-state index contributed by atoms with van der Waals surface area (Å²) >= 11 is 0. The lowest BCUT2D eigenvalue weighted by Gasteiger charge is -2.27. The van der Waals surface area contributed by atoms with E-state index in [0.29, 0.717) is 11.5 Å². The highest BCUT2D eigenvalue weighted by Crippen LogP contribution is 2.33. The highest BCUT2D eigenvalue weighted by Gasteiger charge is 2.21. The van der Waals surface area contributed by atoms with Gasteiger partial charge >= 0.3 is 0 Å². The predicted octanol–water partition coefficient (Wildman–Crippen LogP) is 9.20. The summed E-state index contributed by atoms with van der Waals surface area (Å²) in [7, 11) is 0. The second-order valence-electron chi connectivity index (χ2n) is 9.62. The molecule has 0 bridgehead atoms. The fraction of sp³-hybridized carbons (Fsp3) is 0.235. The smallest absolute Gasteiger partial charge is 0.201 e. The van der Waals surface area contributed by atoms with Gasteiger partial charge in [0.2, 0.25) is 5.82 Å². The van der Waals surface area contributed by atoms with Crippen molar-refractivity contribution in [2.75, 3.05) is 13.2 Å². The van der Waals surface area contributed by atoms with Gasteiger partial charge in [-0.05, 0) is 72.2 Å². The van der Waals surface area contributed by atoms with Gasteiger partial charge in [0, 0.05) is 11.5 Å². The molecule has 0 N–H and O–H groups in total. The fourth-order valence-electron chi connectivity index (χ4n) is 5.07. The SMILES string of the molecule is CC=CC1CCC(c2ccc(-c3ccc(-c4ccc(-c5ccc(OCC)c(F)c5F)cc4)cc3)cc2)CO1. The van der Waals surface area contributed by atoms with E-state index in [1.807, 2.05) is 31.2 Å². The summed E-state index contributed by atoms with van der Waals surface area (Å²) in [6, 6.07) is 27.7. The molecule has 4 aromatic rings. The Labute approximate surface area is 223 Å². The van der Waals surface area contributed by atoms with Gasteiger partial charge in [0.1, 0.15) is 0 Å². The van der Waals surface area contributed by atoms with Crippen molar-refractivity contribution >= 4 is 0 Å². The first kappa shape index (κ1) is 25.9. The lowest BCUT2D eigenvalue weighted by Crippen LogP contribution is -2.23. The van der Waals surface area contributed by atoms with Gasteiger partial charge in [0.25, 0.3) is 0 Å². The maximum absolute atomic E-state index is 14.6. The molecule has 4 heteroatoms. The van der Waals surface area contributed by atoms with Crippen LogP contribution < -0.4 is 4.74 Å². The average molecular weight is 511 g/mol. The normalized spacial score (nSPS) is 17.6. The number of allylic oxidation sites excluding steroid dienone is 1. The predicted molar refractivity (Wildman–Crippen MR) is 150 cm³/mol. The first-order valence-electron chi connectivity index (χ1n) is 13.2. The third-order valence-electron chi connectivity index (χ3n) is 7.19. The molecule has 0 amide bonds. The minimum absolute atomic E-state index is 0.0682. The van der Waals surface area contributed by atoms with E-state index in [9.17, 15) is 8.78 Å². The van der Waals surface area contributed by atoms with Crippen LogP contribution in [0.1, 0.15) is 38.2 Å². The Morgan fingerprint density at radius 3 is 1.79 bits per heavy atom. The van der Waals surface area contributed by atoms with E-state index >= 15 is 0 Å². The standard InChI is InChI=1S/C34H32F2O2/c1-3-5-30-19-18-29(22-38-30)27-12-10-25(11-13-27)23-6-8-24(9-7-23)26-14-16-28(17-15-26)31-20-21-32(37-4-2)34(36)33(31)35/h3,5-17,20-21,29-30H,4,18-19,22H2,1-2H3. The Bertz CT molecular complexity index is 1380. The quantitative estimate of drug-likeness (QED) is 0.231. The molecular formula is C34H32F2O2. The number of halogens is 2.